The molecule has 9 heteroatoms. The van der Waals surface area contributed by atoms with Crippen LogP contribution in [0.15, 0.2) is 47.9 Å². The third-order valence-electron chi connectivity index (χ3n) is 7.22. The maximum atomic E-state index is 13.2. The topological polar surface area (TPSA) is 95.6 Å². The van der Waals surface area contributed by atoms with Crippen LogP contribution in [-0.4, -0.2) is 43.7 Å². The van der Waals surface area contributed by atoms with Crippen LogP contribution in [-0.2, 0) is 27.7 Å². The first kappa shape index (κ1) is 23.3. The highest BCUT2D eigenvalue weighted by molar-refractivity contribution is 7.89. The molecule has 180 valence electrons. The number of benzene rings is 1. The molecule has 0 radical (unpaired) electrons. The van der Waals surface area contributed by atoms with Gasteiger partial charge in [-0.15, -0.1) is 11.3 Å². The number of carbonyl (C=O) groups excluding carboxylic acids is 2. The lowest BCUT2D eigenvalue weighted by atomic mass is 9.99. The average molecular weight is 500 g/mol. The molecule has 2 atom stereocenters. The third kappa shape index (κ3) is 4.56. The summed E-state index contributed by atoms with van der Waals surface area (Å²) >= 11 is 1.56. The summed E-state index contributed by atoms with van der Waals surface area (Å²) in [5, 5.41) is 5.83. The van der Waals surface area contributed by atoms with Gasteiger partial charge in [0.1, 0.15) is 0 Å². The fraction of sp³-hybridized carbons (Fsp3) is 0.440. The van der Waals surface area contributed by atoms with Gasteiger partial charge in [-0.1, -0.05) is 6.58 Å². The Morgan fingerprint density at radius 1 is 1.06 bits per heavy atom. The summed E-state index contributed by atoms with van der Waals surface area (Å²) in [6, 6.07) is 8.50. The number of carbonyl (C=O) groups is 2. The van der Waals surface area contributed by atoms with Gasteiger partial charge in [0, 0.05) is 29.7 Å². The summed E-state index contributed by atoms with van der Waals surface area (Å²) < 4.78 is 27.9. The molecule has 2 N–H and O–H groups in total. The molecular formula is C25H29N3O4S2. The van der Waals surface area contributed by atoms with Gasteiger partial charge < -0.3 is 10.6 Å². The van der Waals surface area contributed by atoms with Crippen molar-refractivity contribution in [2.45, 2.75) is 49.5 Å². The molecule has 2 aliphatic carbocycles. The van der Waals surface area contributed by atoms with E-state index in [2.05, 4.69) is 17.2 Å². The van der Waals surface area contributed by atoms with Crippen LogP contribution in [0.1, 0.15) is 45.8 Å². The summed E-state index contributed by atoms with van der Waals surface area (Å²) in [6.45, 7) is 4.42. The molecule has 5 rings (SSSR count). The third-order valence-corrected chi connectivity index (χ3v) is 10.3. The summed E-state index contributed by atoms with van der Waals surface area (Å²) in [5.74, 6) is 0.168. The molecule has 2 heterocycles. The number of amides is 2. The van der Waals surface area contributed by atoms with Crippen LogP contribution >= 0.6 is 11.3 Å². The zero-order valence-corrected chi connectivity index (χ0v) is 20.6. The minimum Gasteiger partial charge on any atom is -0.350 e. The van der Waals surface area contributed by atoms with E-state index in [9.17, 15) is 18.0 Å². The summed E-state index contributed by atoms with van der Waals surface area (Å²) in [5.41, 5.74) is 1.86. The number of hydrogen-bond acceptors (Lipinski definition) is 5. The molecule has 1 saturated heterocycles. The number of sulfonamides is 1. The van der Waals surface area contributed by atoms with Crippen molar-refractivity contribution in [3.8, 4) is 0 Å². The van der Waals surface area contributed by atoms with Crippen molar-refractivity contribution in [3.05, 3.63) is 58.3 Å². The predicted molar refractivity (Wildman–Crippen MR) is 132 cm³/mol. The van der Waals surface area contributed by atoms with E-state index in [1.807, 2.05) is 6.07 Å². The molecule has 2 amide bonds. The standard InChI is InChI=1S/C25H29N3O4S2/c1-2-24(29)26-20-11-17-14-28(15-18(17)12-20)34(31,32)21-9-7-19(8-10-21)27-25(30)23-13-16-5-3-4-6-22(16)33-23/h2,7-10,13,17-18,20H,1,3-6,11-12,14-15H2,(H,26,29)(H,27,30). The number of rotatable bonds is 6. The molecular weight excluding hydrogens is 470 g/mol. The summed E-state index contributed by atoms with van der Waals surface area (Å²) in [6.07, 6.45) is 7.27. The van der Waals surface area contributed by atoms with Crippen LogP contribution in [0.25, 0.3) is 0 Å². The summed E-state index contributed by atoms with van der Waals surface area (Å²) in [7, 11) is -3.61. The Kier molecular flexibility index (Phi) is 6.35. The van der Waals surface area contributed by atoms with Crippen LogP contribution in [0.5, 0.6) is 0 Å². The molecule has 2 aromatic rings. The molecule has 7 nitrogen and oxygen atoms in total. The lowest BCUT2D eigenvalue weighted by Gasteiger charge is -2.19. The van der Waals surface area contributed by atoms with E-state index in [0.717, 1.165) is 25.7 Å². The van der Waals surface area contributed by atoms with E-state index >= 15 is 0 Å². The van der Waals surface area contributed by atoms with Gasteiger partial charge in [0.25, 0.3) is 5.91 Å². The highest BCUT2D eigenvalue weighted by Crippen LogP contribution is 2.40. The second kappa shape index (κ2) is 9.28. The second-order valence-corrected chi connectivity index (χ2v) is 12.5. The Balaban J connectivity index is 1.20. The van der Waals surface area contributed by atoms with Gasteiger partial charge in [0.05, 0.1) is 9.77 Å². The van der Waals surface area contributed by atoms with Crippen LogP contribution in [0.2, 0.25) is 0 Å². The largest absolute Gasteiger partial charge is 0.350 e. The Bertz CT molecular complexity index is 1180. The number of nitrogens with zero attached hydrogens (tertiary/aromatic N) is 1. The number of nitrogens with one attached hydrogen (secondary N) is 2. The minimum atomic E-state index is -3.61. The number of hydrogen-bond donors (Lipinski definition) is 2. The number of thiophene rings is 1. The molecule has 2 fully saturated rings. The van der Waals surface area contributed by atoms with Crippen molar-refractivity contribution in [1.29, 1.82) is 0 Å². The molecule has 2 unspecified atom stereocenters. The minimum absolute atomic E-state index is 0.0853. The molecule has 1 saturated carbocycles. The Hall–Kier alpha value is -2.49. The molecule has 34 heavy (non-hydrogen) atoms. The van der Waals surface area contributed by atoms with Crippen molar-refractivity contribution >= 4 is 38.9 Å². The van der Waals surface area contributed by atoms with Gasteiger partial charge in [-0.3, -0.25) is 9.59 Å². The van der Waals surface area contributed by atoms with Crippen molar-refractivity contribution in [2.24, 2.45) is 11.8 Å². The van der Waals surface area contributed by atoms with Crippen molar-refractivity contribution in [1.82, 2.24) is 9.62 Å². The molecule has 1 aromatic carbocycles. The Morgan fingerprint density at radius 3 is 2.38 bits per heavy atom. The van der Waals surface area contributed by atoms with E-state index < -0.39 is 10.0 Å². The monoisotopic (exact) mass is 499 g/mol. The molecule has 0 spiro atoms. The zero-order chi connectivity index (χ0) is 23.9. The second-order valence-electron chi connectivity index (χ2n) is 9.47. The van der Waals surface area contributed by atoms with Gasteiger partial charge in [-0.05, 0) is 92.3 Å². The number of fused-ring (bicyclic) bond motifs is 2. The van der Waals surface area contributed by atoms with Gasteiger partial charge in [-0.25, -0.2) is 8.42 Å². The van der Waals surface area contributed by atoms with Gasteiger partial charge >= 0.3 is 0 Å². The van der Waals surface area contributed by atoms with E-state index in [4.69, 9.17) is 0 Å². The quantitative estimate of drug-likeness (QED) is 0.594. The van der Waals surface area contributed by atoms with Crippen molar-refractivity contribution in [3.63, 3.8) is 0 Å². The van der Waals surface area contributed by atoms with Gasteiger partial charge in [0.2, 0.25) is 15.9 Å². The molecule has 0 bridgehead atoms. The number of aryl methyl sites for hydroxylation is 2. The first-order valence-corrected chi connectivity index (χ1v) is 14.0. The van der Waals surface area contributed by atoms with Crippen LogP contribution < -0.4 is 10.6 Å². The maximum absolute atomic E-state index is 13.2. The van der Waals surface area contributed by atoms with Gasteiger partial charge in [-0.2, -0.15) is 4.31 Å². The van der Waals surface area contributed by atoms with Crippen LogP contribution in [0, 0.1) is 11.8 Å². The lowest BCUT2D eigenvalue weighted by molar-refractivity contribution is -0.117. The van der Waals surface area contributed by atoms with E-state index in [0.29, 0.717) is 23.7 Å². The SMILES string of the molecule is C=CC(=O)NC1CC2CN(S(=O)(=O)c3ccc(NC(=O)c4cc5c(s4)CCCC5)cc3)CC2C1. The Labute approximate surface area is 204 Å². The van der Waals surface area contributed by atoms with Crippen LogP contribution in [0.3, 0.4) is 0 Å². The normalized spacial score (nSPS) is 24.3. The number of anilines is 1. The highest BCUT2D eigenvalue weighted by Gasteiger charge is 2.45. The summed E-state index contributed by atoms with van der Waals surface area (Å²) in [4.78, 5) is 26.5. The average Bonchev–Trinajstić information content (AvgIpc) is 3.52. The highest BCUT2D eigenvalue weighted by atomic mass is 32.2. The first-order chi connectivity index (χ1) is 16.3. The molecule has 1 aliphatic heterocycles. The Morgan fingerprint density at radius 2 is 1.74 bits per heavy atom. The fourth-order valence-electron chi connectivity index (χ4n) is 5.49. The fourth-order valence-corrected chi connectivity index (χ4v) is 8.19. The van der Waals surface area contributed by atoms with E-state index in [1.165, 1.54) is 29.4 Å². The van der Waals surface area contributed by atoms with E-state index in [-0.39, 0.29) is 34.6 Å². The van der Waals surface area contributed by atoms with Crippen molar-refractivity contribution in [2.75, 3.05) is 18.4 Å². The predicted octanol–water partition coefficient (Wildman–Crippen LogP) is 3.58. The van der Waals surface area contributed by atoms with Gasteiger partial charge in [0.15, 0.2) is 0 Å². The lowest BCUT2D eigenvalue weighted by Crippen LogP contribution is -2.35. The molecule has 1 aromatic heterocycles. The van der Waals surface area contributed by atoms with Crippen molar-refractivity contribution < 1.29 is 18.0 Å². The smallest absolute Gasteiger partial charge is 0.265 e. The van der Waals surface area contributed by atoms with Crippen LogP contribution in [0.4, 0.5) is 5.69 Å². The first-order valence-electron chi connectivity index (χ1n) is 11.8. The molecule has 3 aliphatic rings. The van der Waals surface area contributed by atoms with E-state index in [1.54, 1.807) is 39.9 Å². The zero-order valence-electron chi connectivity index (χ0n) is 19.0. The maximum Gasteiger partial charge on any atom is 0.265 e.